The molecule has 6 nitrogen and oxygen atoms in total. The highest BCUT2D eigenvalue weighted by atomic mass is 16.7. The largest absolute Gasteiger partial charge is 0.463 e. The molecule has 0 heterocycles. The second kappa shape index (κ2) is 13.3. The maximum Gasteiger partial charge on any atom is 0.308 e. The Morgan fingerprint density at radius 1 is 1.05 bits per heavy atom. The van der Waals surface area contributed by atoms with Crippen molar-refractivity contribution in [2.75, 3.05) is 46.9 Å². The molecule has 0 aliphatic carbocycles. The van der Waals surface area contributed by atoms with Crippen molar-refractivity contribution in [1.82, 2.24) is 0 Å². The lowest BCUT2D eigenvalue weighted by molar-refractivity contribution is -0.149. The fourth-order valence-electron chi connectivity index (χ4n) is 1.27. The number of ether oxygens (including phenoxy) is 5. The Morgan fingerprint density at radius 2 is 1.75 bits per heavy atom. The minimum Gasteiger partial charge on any atom is -0.463 e. The van der Waals surface area contributed by atoms with Crippen molar-refractivity contribution in [1.29, 1.82) is 0 Å². The van der Waals surface area contributed by atoms with E-state index in [-0.39, 0.29) is 31.4 Å². The van der Waals surface area contributed by atoms with Crippen LogP contribution in [0.3, 0.4) is 0 Å². The zero-order valence-electron chi connectivity index (χ0n) is 13.1. The Morgan fingerprint density at radius 3 is 2.40 bits per heavy atom. The lowest BCUT2D eigenvalue weighted by Crippen LogP contribution is -2.20. The Bertz CT molecular complexity index is 234. The summed E-state index contributed by atoms with van der Waals surface area (Å²) in [5.41, 5.74) is 0. The van der Waals surface area contributed by atoms with Gasteiger partial charge in [0.25, 0.3) is 0 Å². The van der Waals surface area contributed by atoms with Crippen molar-refractivity contribution < 1.29 is 28.5 Å². The highest BCUT2D eigenvalue weighted by Crippen LogP contribution is 2.02. The molecule has 0 amide bonds. The summed E-state index contributed by atoms with van der Waals surface area (Å²) in [6.45, 7) is 8.11. The molecular formula is C14H28O6. The standard InChI is InChI=1S/C14H28O6/c1-5-12(2)14(15)20-9-7-17-6-8-19-13(3)10-18-11-16-4/h12-13H,5-11H2,1-4H3. The molecule has 0 aromatic carbocycles. The van der Waals surface area contributed by atoms with Crippen LogP contribution in [-0.4, -0.2) is 59.0 Å². The molecule has 0 fully saturated rings. The molecule has 0 aliphatic heterocycles. The quantitative estimate of drug-likeness (QED) is 0.292. The number of hydrogen-bond donors (Lipinski definition) is 0. The van der Waals surface area contributed by atoms with Crippen LogP contribution >= 0.6 is 0 Å². The highest BCUT2D eigenvalue weighted by Gasteiger charge is 2.11. The Kier molecular flexibility index (Phi) is 12.8. The van der Waals surface area contributed by atoms with Gasteiger partial charge in [-0.2, -0.15) is 0 Å². The maximum atomic E-state index is 11.4. The first-order valence-electron chi connectivity index (χ1n) is 7.04. The van der Waals surface area contributed by atoms with Crippen LogP contribution in [-0.2, 0) is 28.5 Å². The molecule has 6 heteroatoms. The van der Waals surface area contributed by atoms with Crippen molar-refractivity contribution in [3.05, 3.63) is 0 Å². The SMILES string of the molecule is CCC(C)C(=O)OCCOCCOC(C)COCOC. The molecule has 120 valence electrons. The summed E-state index contributed by atoms with van der Waals surface area (Å²) in [7, 11) is 1.58. The predicted octanol–water partition coefficient (Wildman–Crippen LogP) is 1.62. The molecule has 0 radical (unpaired) electrons. The summed E-state index contributed by atoms with van der Waals surface area (Å²) < 4.78 is 25.7. The van der Waals surface area contributed by atoms with Gasteiger partial charge in [0, 0.05) is 7.11 Å². The molecule has 0 N–H and O–H groups in total. The average molecular weight is 292 g/mol. The van der Waals surface area contributed by atoms with Crippen LogP contribution in [0, 0.1) is 5.92 Å². The summed E-state index contributed by atoms with van der Waals surface area (Å²) in [5.74, 6) is -0.220. The van der Waals surface area contributed by atoms with E-state index in [1.54, 1.807) is 7.11 Å². The zero-order chi connectivity index (χ0) is 15.2. The molecule has 0 aromatic heterocycles. The molecule has 2 unspecified atom stereocenters. The van der Waals surface area contributed by atoms with Gasteiger partial charge in [0.2, 0.25) is 0 Å². The number of carbonyl (C=O) groups is 1. The van der Waals surface area contributed by atoms with E-state index in [1.807, 2.05) is 20.8 Å². The summed E-state index contributed by atoms with van der Waals surface area (Å²) in [6, 6.07) is 0. The van der Waals surface area contributed by atoms with Crippen LogP contribution in [0.2, 0.25) is 0 Å². The third-order valence-corrected chi connectivity index (χ3v) is 2.67. The summed E-state index contributed by atoms with van der Waals surface area (Å²) in [6.07, 6.45) is 0.785. The van der Waals surface area contributed by atoms with E-state index in [9.17, 15) is 4.79 Å². The lowest BCUT2D eigenvalue weighted by Gasteiger charge is -2.13. The Balaban J connectivity index is 3.30. The summed E-state index contributed by atoms with van der Waals surface area (Å²) in [5, 5.41) is 0. The fraction of sp³-hybridized carbons (Fsp3) is 0.929. The highest BCUT2D eigenvalue weighted by molar-refractivity contribution is 5.71. The first kappa shape index (κ1) is 19.3. The normalized spacial score (nSPS) is 14.0. The molecule has 0 saturated carbocycles. The molecule has 0 aliphatic rings. The van der Waals surface area contributed by atoms with Crippen LogP contribution < -0.4 is 0 Å². The van der Waals surface area contributed by atoms with Gasteiger partial charge in [0.1, 0.15) is 13.4 Å². The van der Waals surface area contributed by atoms with Gasteiger partial charge >= 0.3 is 5.97 Å². The van der Waals surface area contributed by atoms with Crippen molar-refractivity contribution in [2.24, 2.45) is 5.92 Å². The second-order valence-electron chi connectivity index (χ2n) is 4.55. The first-order chi connectivity index (χ1) is 9.61. The molecule has 2 atom stereocenters. The molecule has 0 bridgehead atoms. The van der Waals surface area contributed by atoms with Crippen LogP contribution in [0.4, 0.5) is 0 Å². The lowest BCUT2D eigenvalue weighted by atomic mass is 10.1. The molecule has 0 rings (SSSR count). The molecular weight excluding hydrogens is 264 g/mol. The maximum absolute atomic E-state index is 11.4. The Labute approximate surface area is 121 Å². The third kappa shape index (κ3) is 11.2. The second-order valence-corrected chi connectivity index (χ2v) is 4.55. The average Bonchev–Trinajstić information content (AvgIpc) is 2.45. The first-order valence-corrected chi connectivity index (χ1v) is 7.04. The van der Waals surface area contributed by atoms with E-state index < -0.39 is 0 Å². The number of rotatable bonds is 13. The van der Waals surface area contributed by atoms with Gasteiger partial charge in [-0.3, -0.25) is 4.79 Å². The van der Waals surface area contributed by atoms with E-state index in [1.165, 1.54) is 0 Å². The van der Waals surface area contributed by atoms with Crippen molar-refractivity contribution in [3.63, 3.8) is 0 Å². The third-order valence-electron chi connectivity index (χ3n) is 2.67. The molecule has 20 heavy (non-hydrogen) atoms. The predicted molar refractivity (Wildman–Crippen MR) is 74.5 cm³/mol. The van der Waals surface area contributed by atoms with Gasteiger partial charge in [0.05, 0.1) is 38.4 Å². The number of hydrogen-bond acceptors (Lipinski definition) is 6. The van der Waals surface area contributed by atoms with Gasteiger partial charge in [-0.1, -0.05) is 13.8 Å². The van der Waals surface area contributed by atoms with E-state index in [0.717, 1.165) is 6.42 Å². The molecule has 0 saturated heterocycles. The minimum absolute atomic E-state index is 0.00279. The van der Waals surface area contributed by atoms with Crippen LogP contribution in [0.1, 0.15) is 27.2 Å². The van der Waals surface area contributed by atoms with Crippen molar-refractivity contribution in [2.45, 2.75) is 33.3 Å². The summed E-state index contributed by atoms with van der Waals surface area (Å²) >= 11 is 0. The van der Waals surface area contributed by atoms with E-state index in [2.05, 4.69) is 0 Å². The van der Waals surface area contributed by atoms with Gasteiger partial charge in [-0.25, -0.2) is 0 Å². The molecule has 0 spiro atoms. The number of carbonyl (C=O) groups excluding carboxylic acids is 1. The van der Waals surface area contributed by atoms with Crippen LogP contribution in [0.5, 0.6) is 0 Å². The Hall–Kier alpha value is -0.690. The van der Waals surface area contributed by atoms with E-state index >= 15 is 0 Å². The minimum atomic E-state index is -0.170. The van der Waals surface area contributed by atoms with Crippen molar-refractivity contribution in [3.8, 4) is 0 Å². The smallest absolute Gasteiger partial charge is 0.308 e. The van der Waals surface area contributed by atoms with Crippen LogP contribution in [0.25, 0.3) is 0 Å². The number of methoxy groups -OCH3 is 1. The number of esters is 1. The van der Waals surface area contributed by atoms with Gasteiger partial charge < -0.3 is 23.7 Å². The van der Waals surface area contributed by atoms with Crippen molar-refractivity contribution >= 4 is 5.97 Å². The van der Waals surface area contributed by atoms with Gasteiger partial charge in [0.15, 0.2) is 0 Å². The topological polar surface area (TPSA) is 63.2 Å². The van der Waals surface area contributed by atoms with Crippen LogP contribution in [0.15, 0.2) is 0 Å². The van der Waals surface area contributed by atoms with E-state index in [0.29, 0.717) is 26.4 Å². The van der Waals surface area contributed by atoms with E-state index in [4.69, 9.17) is 23.7 Å². The fourth-order valence-corrected chi connectivity index (χ4v) is 1.27. The monoisotopic (exact) mass is 292 g/mol. The summed E-state index contributed by atoms with van der Waals surface area (Å²) in [4.78, 5) is 11.4. The zero-order valence-corrected chi connectivity index (χ0v) is 13.1. The van der Waals surface area contributed by atoms with Gasteiger partial charge in [-0.15, -0.1) is 0 Å². The van der Waals surface area contributed by atoms with Gasteiger partial charge in [-0.05, 0) is 13.3 Å². The molecule has 0 aromatic rings.